The molecule has 3 rings (SSSR count). The molecule has 2 atom stereocenters. The minimum Gasteiger partial charge on any atom is -0.335 e. The first kappa shape index (κ1) is 14.3. The van der Waals surface area contributed by atoms with E-state index >= 15 is 0 Å². The van der Waals surface area contributed by atoms with E-state index in [1.54, 1.807) is 0 Å². The second-order valence-electron chi connectivity index (χ2n) is 5.84. The van der Waals surface area contributed by atoms with Crippen LogP contribution < -0.4 is 5.32 Å². The summed E-state index contributed by atoms with van der Waals surface area (Å²) in [6, 6.07) is 9.40. The van der Waals surface area contributed by atoms with Gasteiger partial charge in [-0.25, -0.2) is 4.98 Å². The van der Waals surface area contributed by atoms with Crippen LogP contribution in [-0.4, -0.2) is 22.1 Å². The van der Waals surface area contributed by atoms with Gasteiger partial charge in [0.1, 0.15) is 5.82 Å². The second-order valence-corrected chi connectivity index (χ2v) is 5.84. The van der Waals surface area contributed by atoms with Gasteiger partial charge in [-0.1, -0.05) is 31.2 Å². The quantitative estimate of drug-likeness (QED) is 0.882. The molecule has 0 fully saturated rings. The second kappa shape index (κ2) is 6.44. The van der Waals surface area contributed by atoms with Crippen LogP contribution in [0.2, 0.25) is 0 Å². The van der Waals surface area contributed by atoms with Crippen molar-refractivity contribution in [2.45, 2.75) is 51.6 Å². The lowest BCUT2D eigenvalue weighted by Crippen LogP contribution is -2.36. The molecule has 1 aliphatic carbocycles. The van der Waals surface area contributed by atoms with E-state index in [4.69, 9.17) is 0 Å². The molecule has 0 saturated carbocycles. The van der Waals surface area contributed by atoms with E-state index in [2.05, 4.69) is 59.2 Å². The lowest BCUT2D eigenvalue weighted by Gasteiger charge is -2.25. The van der Waals surface area contributed by atoms with Gasteiger partial charge in [-0.05, 0) is 37.4 Å². The number of nitrogens with one attached hydrogen (secondary N) is 1. The molecule has 0 radical (unpaired) electrons. The summed E-state index contributed by atoms with van der Waals surface area (Å²) in [6.07, 6.45) is 7.48. The van der Waals surface area contributed by atoms with Gasteiger partial charge in [-0.15, -0.1) is 0 Å². The first-order chi connectivity index (χ1) is 10.3. The summed E-state index contributed by atoms with van der Waals surface area (Å²) in [6.45, 7) is 6.38. The van der Waals surface area contributed by atoms with E-state index in [1.807, 2.05) is 6.20 Å². The molecule has 112 valence electrons. The summed E-state index contributed by atoms with van der Waals surface area (Å²) >= 11 is 0. The fourth-order valence-electron chi connectivity index (χ4n) is 3.64. The molecule has 2 aromatic rings. The van der Waals surface area contributed by atoms with Gasteiger partial charge in [0, 0.05) is 37.3 Å². The van der Waals surface area contributed by atoms with E-state index < -0.39 is 0 Å². The maximum absolute atomic E-state index is 4.56. The molecule has 3 heteroatoms. The maximum atomic E-state index is 4.56. The number of aryl methyl sites for hydroxylation is 2. The summed E-state index contributed by atoms with van der Waals surface area (Å²) in [5.74, 6) is 1.82. The third-order valence-electron chi connectivity index (χ3n) is 4.68. The Labute approximate surface area is 127 Å². The molecule has 3 nitrogen and oxygen atoms in total. The van der Waals surface area contributed by atoms with Crippen LogP contribution in [-0.2, 0) is 19.4 Å². The molecule has 1 aliphatic rings. The Hall–Kier alpha value is -1.61. The molecule has 2 unspecified atom stereocenters. The number of likely N-dealkylation sites (N-methyl/N-ethyl adjacent to an activating group) is 1. The van der Waals surface area contributed by atoms with Gasteiger partial charge in [0.05, 0.1) is 0 Å². The van der Waals surface area contributed by atoms with Gasteiger partial charge in [0.2, 0.25) is 0 Å². The predicted molar refractivity (Wildman–Crippen MR) is 86.6 cm³/mol. The van der Waals surface area contributed by atoms with Crippen molar-refractivity contribution in [3.63, 3.8) is 0 Å². The van der Waals surface area contributed by atoms with Crippen molar-refractivity contribution >= 4 is 0 Å². The number of imidazole rings is 1. The van der Waals surface area contributed by atoms with Crippen molar-refractivity contribution in [2.24, 2.45) is 0 Å². The van der Waals surface area contributed by atoms with Crippen LogP contribution in [0.15, 0.2) is 36.7 Å². The molecule has 1 heterocycles. The normalized spacial score (nSPS) is 18.7. The third kappa shape index (κ3) is 2.88. The zero-order valence-electron chi connectivity index (χ0n) is 13.0. The smallest absolute Gasteiger partial charge is 0.110 e. The molecule has 21 heavy (non-hydrogen) atoms. The number of fused-ring (bicyclic) bond motifs is 1. The average Bonchev–Trinajstić information content (AvgIpc) is 3.12. The topological polar surface area (TPSA) is 29.9 Å². The number of aromatic nitrogens is 2. The van der Waals surface area contributed by atoms with Gasteiger partial charge >= 0.3 is 0 Å². The zero-order valence-corrected chi connectivity index (χ0v) is 13.0. The van der Waals surface area contributed by atoms with Gasteiger partial charge in [-0.2, -0.15) is 0 Å². The number of nitrogens with zero attached hydrogens (tertiary/aromatic N) is 2. The highest BCUT2D eigenvalue weighted by Gasteiger charge is 2.29. The summed E-state index contributed by atoms with van der Waals surface area (Å²) in [7, 11) is 0. The van der Waals surface area contributed by atoms with Crippen molar-refractivity contribution in [1.29, 1.82) is 0 Å². The Morgan fingerprint density at radius 3 is 3.00 bits per heavy atom. The van der Waals surface area contributed by atoms with Gasteiger partial charge in [0.15, 0.2) is 0 Å². The molecule has 1 aromatic carbocycles. The van der Waals surface area contributed by atoms with Crippen molar-refractivity contribution in [2.75, 3.05) is 6.54 Å². The zero-order chi connectivity index (χ0) is 14.7. The lowest BCUT2D eigenvalue weighted by atomic mass is 9.90. The highest BCUT2D eigenvalue weighted by molar-refractivity contribution is 5.36. The number of hydrogen-bond donors (Lipinski definition) is 1. The first-order valence-electron chi connectivity index (χ1n) is 8.14. The van der Waals surface area contributed by atoms with E-state index in [0.717, 1.165) is 19.5 Å². The van der Waals surface area contributed by atoms with Crippen LogP contribution in [0, 0.1) is 0 Å². The van der Waals surface area contributed by atoms with Crippen molar-refractivity contribution in [1.82, 2.24) is 14.9 Å². The SMILES string of the molecule is CCNC(Cc1nccn1CC)C1CCc2ccccc21. The number of rotatable bonds is 6. The van der Waals surface area contributed by atoms with Crippen LogP contribution in [0.1, 0.15) is 43.1 Å². The van der Waals surface area contributed by atoms with Crippen molar-refractivity contribution < 1.29 is 0 Å². The molecule has 0 amide bonds. The van der Waals surface area contributed by atoms with Crippen LogP contribution in [0.4, 0.5) is 0 Å². The number of hydrogen-bond acceptors (Lipinski definition) is 2. The van der Waals surface area contributed by atoms with Gasteiger partial charge in [-0.3, -0.25) is 0 Å². The van der Waals surface area contributed by atoms with E-state index in [-0.39, 0.29) is 0 Å². The Bertz CT molecular complexity index is 588. The Kier molecular flexibility index (Phi) is 4.39. The fraction of sp³-hybridized carbons (Fsp3) is 0.500. The van der Waals surface area contributed by atoms with E-state index in [0.29, 0.717) is 12.0 Å². The van der Waals surface area contributed by atoms with Crippen LogP contribution in [0.5, 0.6) is 0 Å². The third-order valence-corrected chi connectivity index (χ3v) is 4.68. The Morgan fingerprint density at radius 2 is 2.19 bits per heavy atom. The molecular formula is C18H25N3. The summed E-state index contributed by atoms with van der Waals surface area (Å²) in [5, 5.41) is 3.70. The minimum atomic E-state index is 0.478. The summed E-state index contributed by atoms with van der Waals surface area (Å²) in [4.78, 5) is 4.56. The molecule has 0 aliphatic heterocycles. The summed E-state index contributed by atoms with van der Waals surface area (Å²) in [5.41, 5.74) is 3.07. The molecule has 1 N–H and O–H groups in total. The highest BCUT2D eigenvalue weighted by atomic mass is 15.1. The maximum Gasteiger partial charge on any atom is 0.110 e. The predicted octanol–water partition coefficient (Wildman–Crippen LogP) is 3.15. The molecule has 0 saturated heterocycles. The van der Waals surface area contributed by atoms with Gasteiger partial charge in [0.25, 0.3) is 0 Å². The monoisotopic (exact) mass is 283 g/mol. The van der Waals surface area contributed by atoms with Crippen LogP contribution in [0.25, 0.3) is 0 Å². The largest absolute Gasteiger partial charge is 0.335 e. The molecule has 0 spiro atoms. The van der Waals surface area contributed by atoms with Gasteiger partial charge < -0.3 is 9.88 Å². The lowest BCUT2D eigenvalue weighted by molar-refractivity contribution is 0.422. The van der Waals surface area contributed by atoms with Crippen LogP contribution in [0.3, 0.4) is 0 Å². The van der Waals surface area contributed by atoms with E-state index in [9.17, 15) is 0 Å². The first-order valence-corrected chi connectivity index (χ1v) is 8.14. The highest BCUT2D eigenvalue weighted by Crippen LogP contribution is 2.36. The Morgan fingerprint density at radius 1 is 1.33 bits per heavy atom. The van der Waals surface area contributed by atoms with Crippen molar-refractivity contribution in [3.05, 3.63) is 53.6 Å². The molecular weight excluding hydrogens is 258 g/mol. The van der Waals surface area contributed by atoms with Crippen molar-refractivity contribution in [3.8, 4) is 0 Å². The Balaban J connectivity index is 1.82. The summed E-state index contributed by atoms with van der Waals surface area (Å²) < 4.78 is 2.26. The molecule has 0 bridgehead atoms. The van der Waals surface area contributed by atoms with Crippen LogP contribution >= 0.6 is 0 Å². The minimum absolute atomic E-state index is 0.478. The number of benzene rings is 1. The fourth-order valence-corrected chi connectivity index (χ4v) is 3.64. The average molecular weight is 283 g/mol. The standard InChI is InChI=1S/C18H25N3/c1-3-19-17(13-18-20-11-12-21(18)4-2)16-10-9-14-7-5-6-8-15(14)16/h5-8,11-12,16-17,19H,3-4,9-10,13H2,1-2H3. The molecule has 1 aromatic heterocycles. The van der Waals surface area contributed by atoms with E-state index in [1.165, 1.54) is 29.8 Å².